The number of hydrogen-bond donors (Lipinski definition) is 1. The standard InChI is InChI=1S/C38H74NO8P/c1-5-7-9-11-13-15-17-19-21-22-24-26-28-30-37(40)44-34-36(35-46-48(42,43)45-33-32-39(3)4)47-38(41)31-29-27-25-23-20-18-16-14-12-10-8-6-2/h15,17,36H,5-14,16,18-35H2,1-4H3,(H,42,43)/b17-15-. The number of phosphoric ester groups is 1. The zero-order valence-corrected chi connectivity index (χ0v) is 32.3. The van der Waals surface area contributed by atoms with E-state index < -0.39 is 26.5 Å². The summed E-state index contributed by atoms with van der Waals surface area (Å²) in [5, 5.41) is 0. The molecule has 0 aromatic carbocycles. The molecule has 2 atom stereocenters. The first-order valence-corrected chi connectivity index (χ1v) is 21.0. The molecule has 0 heterocycles. The molecular formula is C38H74NO8P. The topological polar surface area (TPSA) is 112 Å². The number of likely N-dealkylation sites (N-methyl/N-ethyl adjacent to an activating group) is 1. The molecule has 0 spiro atoms. The van der Waals surface area contributed by atoms with E-state index in [9.17, 15) is 19.0 Å². The fourth-order valence-electron chi connectivity index (χ4n) is 5.27. The lowest BCUT2D eigenvalue weighted by Gasteiger charge is -2.20. The van der Waals surface area contributed by atoms with Crippen LogP contribution in [-0.4, -0.2) is 68.3 Å². The highest BCUT2D eigenvalue weighted by Gasteiger charge is 2.26. The van der Waals surface area contributed by atoms with Gasteiger partial charge in [0.1, 0.15) is 6.61 Å². The van der Waals surface area contributed by atoms with E-state index in [1.54, 1.807) is 0 Å². The van der Waals surface area contributed by atoms with Gasteiger partial charge in [-0.2, -0.15) is 0 Å². The molecule has 1 N–H and O–H groups in total. The molecule has 48 heavy (non-hydrogen) atoms. The highest BCUT2D eigenvalue weighted by atomic mass is 31.2. The van der Waals surface area contributed by atoms with Gasteiger partial charge in [0, 0.05) is 19.4 Å². The first-order valence-electron chi connectivity index (χ1n) is 19.5. The molecular weight excluding hydrogens is 629 g/mol. The second-order valence-electron chi connectivity index (χ2n) is 13.5. The molecule has 0 aliphatic carbocycles. The summed E-state index contributed by atoms with van der Waals surface area (Å²) in [5.41, 5.74) is 0. The van der Waals surface area contributed by atoms with Gasteiger partial charge >= 0.3 is 19.8 Å². The maximum absolute atomic E-state index is 12.6. The number of hydrogen-bond acceptors (Lipinski definition) is 8. The van der Waals surface area contributed by atoms with Crippen molar-refractivity contribution in [1.29, 1.82) is 0 Å². The van der Waals surface area contributed by atoms with Gasteiger partial charge < -0.3 is 19.3 Å². The van der Waals surface area contributed by atoms with Gasteiger partial charge in [0.25, 0.3) is 0 Å². The van der Waals surface area contributed by atoms with E-state index in [0.717, 1.165) is 51.4 Å². The number of allylic oxidation sites excluding steroid dienone is 2. The van der Waals surface area contributed by atoms with Crippen LogP contribution in [0.25, 0.3) is 0 Å². The van der Waals surface area contributed by atoms with Gasteiger partial charge in [-0.05, 0) is 52.6 Å². The Morgan fingerprint density at radius 2 is 1.06 bits per heavy atom. The molecule has 10 heteroatoms. The van der Waals surface area contributed by atoms with Gasteiger partial charge in [0.2, 0.25) is 0 Å². The van der Waals surface area contributed by atoms with Crippen LogP contribution in [0, 0.1) is 0 Å². The lowest BCUT2D eigenvalue weighted by Crippen LogP contribution is -2.29. The van der Waals surface area contributed by atoms with Gasteiger partial charge in [0.05, 0.1) is 13.2 Å². The van der Waals surface area contributed by atoms with Crippen LogP contribution >= 0.6 is 7.82 Å². The first-order chi connectivity index (χ1) is 23.2. The van der Waals surface area contributed by atoms with E-state index in [0.29, 0.717) is 13.0 Å². The Kier molecular flexibility index (Phi) is 33.3. The van der Waals surface area contributed by atoms with Crippen LogP contribution in [0.5, 0.6) is 0 Å². The van der Waals surface area contributed by atoms with Crippen molar-refractivity contribution in [2.75, 3.05) is 40.5 Å². The Bertz CT molecular complexity index is 823. The van der Waals surface area contributed by atoms with Gasteiger partial charge in [-0.1, -0.05) is 135 Å². The third-order valence-electron chi connectivity index (χ3n) is 8.32. The number of carbonyl (C=O) groups is 2. The molecule has 2 unspecified atom stereocenters. The average Bonchev–Trinajstić information content (AvgIpc) is 3.04. The van der Waals surface area contributed by atoms with Crippen molar-refractivity contribution in [3.63, 3.8) is 0 Å². The zero-order valence-electron chi connectivity index (χ0n) is 31.4. The number of carbonyl (C=O) groups excluding carboxylic acids is 2. The second-order valence-corrected chi connectivity index (χ2v) is 14.9. The molecule has 0 rings (SSSR count). The van der Waals surface area contributed by atoms with E-state index >= 15 is 0 Å². The average molecular weight is 704 g/mol. The Morgan fingerprint density at radius 1 is 0.625 bits per heavy atom. The van der Waals surface area contributed by atoms with E-state index in [4.69, 9.17) is 18.5 Å². The summed E-state index contributed by atoms with van der Waals surface area (Å²) in [7, 11) is -0.706. The number of esters is 2. The number of nitrogens with zero attached hydrogens (tertiary/aromatic N) is 1. The van der Waals surface area contributed by atoms with Crippen molar-refractivity contribution in [2.24, 2.45) is 0 Å². The third-order valence-corrected chi connectivity index (χ3v) is 9.31. The van der Waals surface area contributed by atoms with E-state index in [-0.39, 0.29) is 32.0 Å². The van der Waals surface area contributed by atoms with Crippen LogP contribution in [0.1, 0.15) is 174 Å². The lowest BCUT2D eigenvalue weighted by atomic mass is 10.0. The minimum absolute atomic E-state index is 0.00893. The summed E-state index contributed by atoms with van der Waals surface area (Å²) in [6, 6.07) is 0. The largest absolute Gasteiger partial charge is 0.472 e. The lowest BCUT2D eigenvalue weighted by molar-refractivity contribution is -0.161. The molecule has 0 aromatic rings. The van der Waals surface area contributed by atoms with Crippen molar-refractivity contribution in [3.05, 3.63) is 12.2 Å². The fourth-order valence-corrected chi connectivity index (χ4v) is 6.01. The molecule has 0 fully saturated rings. The highest BCUT2D eigenvalue weighted by Crippen LogP contribution is 2.43. The van der Waals surface area contributed by atoms with Gasteiger partial charge in [0.15, 0.2) is 6.10 Å². The molecule has 0 bridgehead atoms. The maximum atomic E-state index is 12.6. The molecule has 0 amide bonds. The molecule has 0 saturated heterocycles. The summed E-state index contributed by atoms with van der Waals surface area (Å²) in [6.07, 6.45) is 31.1. The van der Waals surface area contributed by atoms with Crippen LogP contribution in [0.4, 0.5) is 0 Å². The Balaban J connectivity index is 4.35. The molecule has 0 aromatic heterocycles. The number of ether oxygens (including phenoxy) is 2. The highest BCUT2D eigenvalue weighted by molar-refractivity contribution is 7.47. The van der Waals surface area contributed by atoms with Crippen molar-refractivity contribution < 1.29 is 37.6 Å². The molecule has 0 aliphatic rings. The molecule has 0 radical (unpaired) electrons. The third kappa shape index (κ3) is 34.6. The van der Waals surface area contributed by atoms with Crippen LogP contribution in [0.2, 0.25) is 0 Å². The molecule has 0 saturated carbocycles. The molecule has 9 nitrogen and oxygen atoms in total. The summed E-state index contributed by atoms with van der Waals surface area (Å²) in [4.78, 5) is 36.8. The minimum Gasteiger partial charge on any atom is -0.462 e. The van der Waals surface area contributed by atoms with Crippen LogP contribution < -0.4 is 0 Å². The second kappa shape index (κ2) is 34.2. The quantitative estimate of drug-likeness (QED) is 0.0295. The summed E-state index contributed by atoms with van der Waals surface area (Å²) >= 11 is 0. The van der Waals surface area contributed by atoms with Gasteiger partial charge in [-0.25, -0.2) is 4.57 Å². The number of unbranched alkanes of at least 4 members (excludes halogenated alkanes) is 20. The van der Waals surface area contributed by atoms with Crippen LogP contribution in [-0.2, 0) is 32.7 Å². The number of rotatable bonds is 36. The Morgan fingerprint density at radius 3 is 1.56 bits per heavy atom. The Hall–Kier alpha value is -1.25. The fraction of sp³-hybridized carbons (Fsp3) is 0.895. The molecule has 284 valence electrons. The predicted octanol–water partition coefficient (Wildman–Crippen LogP) is 10.5. The van der Waals surface area contributed by atoms with Gasteiger partial charge in [-0.15, -0.1) is 0 Å². The van der Waals surface area contributed by atoms with Crippen LogP contribution in [0.15, 0.2) is 12.2 Å². The van der Waals surface area contributed by atoms with Crippen LogP contribution in [0.3, 0.4) is 0 Å². The van der Waals surface area contributed by atoms with Crippen molar-refractivity contribution in [2.45, 2.75) is 180 Å². The van der Waals surface area contributed by atoms with Crippen molar-refractivity contribution in [3.8, 4) is 0 Å². The SMILES string of the molecule is CCCCCC/C=C\CCCCCCCC(=O)OCC(COP(=O)(O)OCCN(C)C)OC(=O)CCCCCCCCCCCCCC. The van der Waals surface area contributed by atoms with E-state index in [2.05, 4.69) is 26.0 Å². The normalized spacial score (nSPS) is 13.6. The van der Waals surface area contributed by atoms with E-state index in [1.807, 2.05) is 19.0 Å². The zero-order chi connectivity index (χ0) is 35.6. The van der Waals surface area contributed by atoms with Gasteiger partial charge in [-0.3, -0.25) is 18.6 Å². The Labute approximate surface area is 294 Å². The first kappa shape index (κ1) is 46.8. The van der Waals surface area contributed by atoms with Crippen molar-refractivity contribution in [1.82, 2.24) is 4.90 Å². The predicted molar refractivity (Wildman–Crippen MR) is 197 cm³/mol. The summed E-state index contributed by atoms with van der Waals surface area (Å²) in [6.45, 7) is 4.29. The maximum Gasteiger partial charge on any atom is 0.472 e. The van der Waals surface area contributed by atoms with Crippen molar-refractivity contribution >= 4 is 19.8 Å². The smallest absolute Gasteiger partial charge is 0.462 e. The molecule has 0 aliphatic heterocycles. The number of phosphoric acid groups is 1. The summed E-state index contributed by atoms with van der Waals surface area (Å²) in [5.74, 6) is -0.809. The monoisotopic (exact) mass is 704 g/mol. The summed E-state index contributed by atoms with van der Waals surface area (Å²) < 4.78 is 33.3. The minimum atomic E-state index is -4.35. The van der Waals surface area contributed by atoms with E-state index in [1.165, 1.54) is 89.9 Å².